The molecule has 9 heteroatoms. The molecule has 2 aromatic heterocycles. The van der Waals surface area contributed by atoms with E-state index in [0.717, 1.165) is 16.7 Å². The molecule has 4 rings (SSSR count). The van der Waals surface area contributed by atoms with Gasteiger partial charge in [0.15, 0.2) is 0 Å². The average Bonchev–Trinajstić information content (AvgIpc) is 3.12. The summed E-state index contributed by atoms with van der Waals surface area (Å²) in [5, 5.41) is 11.1. The van der Waals surface area contributed by atoms with Gasteiger partial charge < -0.3 is 19.7 Å². The van der Waals surface area contributed by atoms with Crippen molar-refractivity contribution in [2.24, 2.45) is 0 Å². The molecule has 1 aliphatic heterocycles. The predicted octanol–water partition coefficient (Wildman–Crippen LogP) is 0.981. The van der Waals surface area contributed by atoms with Crippen molar-refractivity contribution >= 4 is 22.6 Å². The second-order valence-corrected chi connectivity index (χ2v) is 6.15. The zero-order valence-corrected chi connectivity index (χ0v) is 14.9. The van der Waals surface area contributed by atoms with Crippen LogP contribution in [-0.4, -0.2) is 66.0 Å². The average molecular weight is 368 g/mol. The third kappa shape index (κ3) is 3.68. The molecule has 0 spiro atoms. The Morgan fingerprint density at radius 3 is 3.00 bits per heavy atom. The van der Waals surface area contributed by atoms with Gasteiger partial charge in [-0.3, -0.25) is 9.89 Å². The monoisotopic (exact) mass is 368 g/mol. The van der Waals surface area contributed by atoms with Crippen molar-refractivity contribution < 1.29 is 14.3 Å². The molecule has 0 bridgehead atoms. The number of aromatic nitrogens is 4. The number of rotatable bonds is 6. The van der Waals surface area contributed by atoms with Crippen molar-refractivity contribution in [2.45, 2.75) is 0 Å². The minimum Gasteiger partial charge on any atom is -0.491 e. The molecule has 0 unspecified atom stereocenters. The molecule has 0 atom stereocenters. The lowest BCUT2D eigenvalue weighted by Gasteiger charge is -2.27. The highest BCUT2D eigenvalue weighted by molar-refractivity contribution is 5.93. The van der Waals surface area contributed by atoms with E-state index >= 15 is 0 Å². The Hall–Kier alpha value is -3.20. The van der Waals surface area contributed by atoms with Crippen LogP contribution in [-0.2, 0) is 9.53 Å². The van der Waals surface area contributed by atoms with E-state index < -0.39 is 0 Å². The number of carbonyl (C=O) groups excluding carboxylic acids is 1. The predicted molar refractivity (Wildman–Crippen MR) is 99.7 cm³/mol. The summed E-state index contributed by atoms with van der Waals surface area (Å²) in [6.45, 7) is 2.60. The highest BCUT2D eigenvalue weighted by atomic mass is 16.5. The third-order valence-corrected chi connectivity index (χ3v) is 4.35. The molecule has 1 fully saturated rings. The molecule has 1 amide bonds. The van der Waals surface area contributed by atoms with Gasteiger partial charge in [0.25, 0.3) is 0 Å². The molecule has 1 aliphatic rings. The number of nitrogens with zero attached hydrogens (tertiary/aromatic N) is 4. The van der Waals surface area contributed by atoms with Crippen LogP contribution >= 0.6 is 0 Å². The van der Waals surface area contributed by atoms with E-state index in [1.807, 2.05) is 29.2 Å². The summed E-state index contributed by atoms with van der Waals surface area (Å²) >= 11 is 0. The van der Waals surface area contributed by atoms with Crippen molar-refractivity contribution in [3.05, 3.63) is 30.6 Å². The van der Waals surface area contributed by atoms with Crippen LogP contribution < -0.4 is 15.0 Å². The Kier molecular flexibility index (Phi) is 4.84. The van der Waals surface area contributed by atoms with E-state index in [-0.39, 0.29) is 12.5 Å². The lowest BCUT2D eigenvalue weighted by molar-refractivity contribution is -0.120. The first-order valence-corrected chi connectivity index (χ1v) is 8.68. The van der Waals surface area contributed by atoms with Gasteiger partial charge in [0.2, 0.25) is 5.91 Å². The van der Waals surface area contributed by atoms with Crippen LogP contribution in [0.2, 0.25) is 0 Å². The van der Waals surface area contributed by atoms with Crippen molar-refractivity contribution in [3.63, 3.8) is 0 Å². The van der Waals surface area contributed by atoms with Crippen LogP contribution in [0, 0.1) is 0 Å². The number of H-pyrrole nitrogens is 1. The lowest BCUT2D eigenvalue weighted by atomic mass is 10.1. The van der Waals surface area contributed by atoms with Crippen LogP contribution in [0.25, 0.3) is 22.3 Å². The molecule has 0 saturated carbocycles. The minimum atomic E-state index is -0.00974. The van der Waals surface area contributed by atoms with Crippen molar-refractivity contribution in [3.8, 4) is 17.1 Å². The summed E-state index contributed by atoms with van der Waals surface area (Å²) in [6, 6.07) is 7.59. The number of ether oxygens (including phenoxy) is 2. The first-order chi connectivity index (χ1) is 13.2. The maximum atomic E-state index is 11.6. The van der Waals surface area contributed by atoms with E-state index in [1.165, 1.54) is 6.33 Å². The SMILES string of the molecule is COCCOc1ccc2[nH]nc(-c3cc(N4CCNC(=O)C4)ncn3)c2c1. The minimum absolute atomic E-state index is 0.00974. The standard InChI is InChI=1S/C18H20N6O3/c1-26-6-7-27-12-2-3-14-13(8-12)18(23-22-14)15-9-16(21-11-20-15)24-5-4-19-17(25)10-24/h2-3,8-9,11H,4-7,10H2,1H3,(H,19,25)(H,22,23). The Labute approximate surface area is 155 Å². The molecular weight excluding hydrogens is 348 g/mol. The molecule has 27 heavy (non-hydrogen) atoms. The maximum absolute atomic E-state index is 11.6. The normalized spacial score (nSPS) is 14.4. The molecule has 1 aromatic carbocycles. The number of carbonyl (C=O) groups is 1. The largest absolute Gasteiger partial charge is 0.491 e. The number of hydrogen-bond acceptors (Lipinski definition) is 7. The topological polar surface area (TPSA) is 105 Å². The van der Waals surface area contributed by atoms with E-state index in [0.29, 0.717) is 43.5 Å². The van der Waals surface area contributed by atoms with Gasteiger partial charge in [-0.1, -0.05) is 0 Å². The molecule has 0 radical (unpaired) electrons. The Bertz CT molecular complexity index is 957. The molecular formula is C18H20N6O3. The summed E-state index contributed by atoms with van der Waals surface area (Å²) in [4.78, 5) is 22.3. The van der Waals surface area contributed by atoms with Crippen LogP contribution in [0.1, 0.15) is 0 Å². The van der Waals surface area contributed by atoms with Gasteiger partial charge in [0.1, 0.15) is 30.2 Å². The number of piperazine rings is 1. The Morgan fingerprint density at radius 1 is 1.22 bits per heavy atom. The molecule has 1 saturated heterocycles. The van der Waals surface area contributed by atoms with Crippen molar-refractivity contribution in [2.75, 3.05) is 44.9 Å². The van der Waals surface area contributed by atoms with Gasteiger partial charge in [-0.05, 0) is 18.2 Å². The van der Waals surface area contributed by atoms with Crippen LogP contribution in [0.3, 0.4) is 0 Å². The molecule has 140 valence electrons. The highest BCUT2D eigenvalue weighted by Gasteiger charge is 2.19. The first kappa shape index (κ1) is 17.2. The van der Waals surface area contributed by atoms with Crippen LogP contribution in [0.5, 0.6) is 5.75 Å². The first-order valence-electron chi connectivity index (χ1n) is 8.68. The summed E-state index contributed by atoms with van der Waals surface area (Å²) in [5.41, 5.74) is 2.29. The quantitative estimate of drug-likeness (QED) is 0.625. The number of benzene rings is 1. The van der Waals surface area contributed by atoms with Crippen LogP contribution in [0.15, 0.2) is 30.6 Å². The van der Waals surface area contributed by atoms with Gasteiger partial charge in [-0.2, -0.15) is 5.10 Å². The number of fused-ring (bicyclic) bond motifs is 1. The molecule has 3 heterocycles. The van der Waals surface area contributed by atoms with Crippen molar-refractivity contribution in [1.82, 2.24) is 25.5 Å². The Balaban J connectivity index is 1.64. The zero-order valence-electron chi connectivity index (χ0n) is 14.9. The van der Waals surface area contributed by atoms with E-state index in [4.69, 9.17) is 9.47 Å². The highest BCUT2D eigenvalue weighted by Crippen LogP contribution is 2.29. The zero-order chi connectivity index (χ0) is 18.6. The van der Waals surface area contributed by atoms with Gasteiger partial charge in [-0.25, -0.2) is 9.97 Å². The van der Waals surface area contributed by atoms with Gasteiger partial charge >= 0.3 is 0 Å². The van der Waals surface area contributed by atoms with E-state index in [9.17, 15) is 4.79 Å². The number of nitrogens with one attached hydrogen (secondary N) is 2. The van der Waals surface area contributed by atoms with Gasteiger partial charge in [-0.15, -0.1) is 0 Å². The lowest BCUT2D eigenvalue weighted by Crippen LogP contribution is -2.48. The molecule has 3 aromatic rings. The van der Waals surface area contributed by atoms with Gasteiger partial charge in [0.05, 0.1) is 24.4 Å². The second-order valence-electron chi connectivity index (χ2n) is 6.15. The smallest absolute Gasteiger partial charge is 0.239 e. The fourth-order valence-corrected chi connectivity index (χ4v) is 3.00. The number of amides is 1. The second kappa shape index (κ2) is 7.58. The molecule has 9 nitrogen and oxygen atoms in total. The summed E-state index contributed by atoms with van der Waals surface area (Å²) in [6.07, 6.45) is 1.50. The summed E-state index contributed by atoms with van der Waals surface area (Å²) in [5.74, 6) is 1.44. The summed E-state index contributed by atoms with van der Waals surface area (Å²) < 4.78 is 10.7. The van der Waals surface area contributed by atoms with Gasteiger partial charge in [0, 0.05) is 31.7 Å². The number of hydrogen-bond donors (Lipinski definition) is 2. The molecule has 0 aliphatic carbocycles. The summed E-state index contributed by atoms with van der Waals surface area (Å²) in [7, 11) is 1.64. The van der Waals surface area contributed by atoms with Crippen molar-refractivity contribution in [1.29, 1.82) is 0 Å². The fraction of sp³-hybridized carbons (Fsp3) is 0.333. The van der Waals surface area contributed by atoms with E-state index in [2.05, 4.69) is 25.5 Å². The molecule has 2 N–H and O–H groups in total. The number of anilines is 1. The van der Waals surface area contributed by atoms with E-state index in [1.54, 1.807) is 7.11 Å². The fourth-order valence-electron chi connectivity index (χ4n) is 3.00. The Morgan fingerprint density at radius 2 is 2.15 bits per heavy atom. The van der Waals surface area contributed by atoms with Crippen LogP contribution in [0.4, 0.5) is 5.82 Å². The maximum Gasteiger partial charge on any atom is 0.239 e. The third-order valence-electron chi connectivity index (χ3n) is 4.35. The number of aromatic amines is 1. The number of methoxy groups -OCH3 is 1.